The number of hydrogen-bond donors (Lipinski definition) is 3. The fourth-order valence-corrected chi connectivity index (χ4v) is 1.49. The van der Waals surface area contributed by atoms with Crippen molar-refractivity contribution in [3.63, 3.8) is 0 Å². The van der Waals surface area contributed by atoms with Crippen LogP contribution >= 0.6 is 0 Å². The first kappa shape index (κ1) is 11.7. The Labute approximate surface area is 103 Å². The van der Waals surface area contributed by atoms with E-state index in [4.69, 9.17) is 10.4 Å². The van der Waals surface area contributed by atoms with Gasteiger partial charge in [-0.15, -0.1) is 0 Å². The molecule has 0 aliphatic carbocycles. The van der Waals surface area contributed by atoms with Crippen molar-refractivity contribution in [2.75, 3.05) is 5.32 Å². The highest BCUT2D eigenvalue weighted by atomic mass is 16.4. The molecule has 0 radical (unpaired) electrons. The third-order valence-corrected chi connectivity index (χ3v) is 2.43. The molecule has 0 atom stereocenters. The Balaban J connectivity index is 2.05. The molecule has 6 nitrogen and oxygen atoms in total. The van der Waals surface area contributed by atoms with Gasteiger partial charge in [-0.05, 0) is 24.3 Å². The number of carboxylic acid groups (broad SMARTS) is 1. The summed E-state index contributed by atoms with van der Waals surface area (Å²) in [6.07, 6.45) is 1.47. The van der Waals surface area contributed by atoms with E-state index in [0.29, 0.717) is 17.7 Å². The van der Waals surface area contributed by atoms with Gasteiger partial charge in [0, 0.05) is 17.8 Å². The van der Waals surface area contributed by atoms with Gasteiger partial charge in [-0.25, -0.2) is 4.79 Å². The Morgan fingerprint density at radius 1 is 1.44 bits per heavy atom. The first-order valence-corrected chi connectivity index (χ1v) is 5.20. The van der Waals surface area contributed by atoms with E-state index in [1.54, 1.807) is 24.3 Å². The summed E-state index contributed by atoms with van der Waals surface area (Å²) in [4.78, 5) is 10.8. The number of nitrogens with zero attached hydrogens (tertiary/aromatic N) is 2. The predicted octanol–water partition coefficient (Wildman–Crippen LogP) is 1.59. The summed E-state index contributed by atoms with van der Waals surface area (Å²) >= 11 is 0. The number of H-pyrrole nitrogens is 1. The third-order valence-electron chi connectivity index (χ3n) is 2.43. The van der Waals surface area contributed by atoms with Crippen molar-refractivity contribution in [1.29, 1.82) is 5.26 Å². The SMILES string of the molecule is N#Cc1ccc(NCc2cn[nH]c2C(=O)O)cc1. The van der Waals surface area contributed by atoms with Crippen LogP contribution in [-0.2, 0) is 6.54 Å². The maximum Gasteiger partial charge on any atom is 0.354 e. The van der Waals surface area contributed by atoms with Gasteiger partial charge in [0.05, 0.1) is 17.8 Å². The van der Waals surface area contributed by atoms with Gasteiger partial charge in [0.15, 0.2) is 0 Å². The van der Waals surface area contributed by atoms with Crippen LogP contribution in [0.25, 0.3) is 0 Å². The summed E-state index contributed by atoms with van der Waals surface area (Å²) in [5.74, 6) is -1.04. The zero-order valence-electron chi connectivity index (χ0n) is 9.34. The lowest BCUT2D eigenvalue weighted by Gasteiger charge is -2.05. The van der Waals surface area contributed by atoms with Crippen molar-refractivity contribution >= 4 is 11.7 Å². The molecule has 0 saturated heterocycles. The van der Waals surface area contributed by atoms with Crippen LogP contribution in [-0.4, -0.2) is 21.3 Å². The molecule has 0 fully saturated rings. The summed E-state index contributed by atoms with van der Waals surface area (Å²) in [6, 6.07) is 8.93. The fraction of sp³-hybridized carbons (Fsp3) is 0.0833. The number of nitrogens with one attached hydrogen (secondary N) is 2. The number of carbonyl (C=O) groups is 1. The highest BCUT2D eigenvalue weighted by Crippen LogP contribution is 2.12. The zero-order valence-corrected chi connectivity index (χ0v) is 9.34. The molecule has 1 aromatic heterocycles. The van der Waals surface area contributed by atoms with E-state index in [1.807, 2.05) is 6.07 Å². The van der Waals surface area contributed by atoms with Crippen molar-refractivity contribution < 1.29 is 9.90 Å². The van der Waals surface area contributed by atoms with Crippen molar-refractivity contribution in [3.05, 3.63) is 47.3 Å². The molecule has 0 aliphatic rings. The normalized spacial score (nSPS) is 9.72. The molecule has 1 heterocycles. The van der Waals surface area contributed by atoms with Gasteiger partial charge in [-0.3, -0.25) is 5.10 Å². The minimum atomic E-state index is -1.04. The highest BCUT2D eigenvalue weighted by Gasteiger charge is 2.11. The van der Waals surface area contributed by atoms with Gasteiger partial charge < -0.3 is 10.4 Å². The lowest BCUT2D eigenvalue weighted by molar-refractivity contribution is 0.0689. The minimum absolute atomic E-state index is 0.0798. The van der Waals surface area contributed by atoms with Gasteiger partial charge in [0.25, 0.3) is 0 Å². The molecule has 2 aromatic rings. The Bertz CT molecular complexity index is 595. The average Bonchev–Trinajstić information content (AvgIpc) is 2.85. The summed E-state index contributed by atoms with van der Waals surface area (Å²) in [6.45, 7) is 0.351. The second-order valence-corrected chi connectivity index (χ2v) is 3.62. The van der Waals surface area contributed by atoms with Gasteiger partial charge >= 0.3 is 5.97 Å². The minimum Gasteiger partial charge on any atom is -0.477 e. The van der Waals surface area contributed by atoms with Gasteiger partial charge in [-0.2, -0.15) is 10.4 Å². The van der Waals surface area contributed by atoms with E-state index in [2.05, 4.69) is 15.5 Å². The molecule has 90 valence electrons. The zero-order chi connectivity index (χ0) is 13.0. The number of aromatic nitrogens is 2. The number of nitriles is 1. The molecule has 3 N–H and O–H groups in total. The Kier molecular flexibility index (Phi) is 3.25. The van der Waals surface area contributed by atoms with Crippen LogP contribution in [0.3, 0.4) is 0 Å². The van der Waals surface area contributed by atoms with Crippen molar-refractivity contribution in [3.8, 4) is 6.07 Å². The van der Waals surface area contributed by atoms with Crippen LogP contribution in [0.15, 0.2) is 30.5 Å². The molecular weight excluding hydrogens is 232 g/mol. The topological polar surface area (TPSA) is 102 Å². The molecule has 0 saturated carbocycles. The van der Waals surface area contributed by atoms with Crippen molar-refractivity contribution in [2.45, 2.75) is 6.54 Å². The molecule has 0 aliphatic heterocycles. The molecule has 0 unspecified atom stereocenters. The fourth-order valence-electron chi connectivity index (χ4n) is 1.49. The lowest BCUT2D eigenvalue weighted by Crippen LogP contribution is -2.05. The molecule has 18 heavy (non-hydrogen) atoms. The van der Waals surface area contributed by atoms with Crippen LogP contribution in [0, 0.1) is 11.3 Å². The van der Waals surface area contributed by atoms with E-state index in [1.165, 1.54) is 6.20 Å². The summed E-state index contributed by atoms with van der Waals surface area (Å²) < 4.78 is 0. The molecule has 6 heteroatoms. The summed E-state index contributed by atoms with van der Waals surface area (Å²) in [5.41, 5.74) is 2.05. The molecule has 1 aromatic carbocycles. The molecule has 0 amide bonds. The largest absolute Gasteiger partial charge is 0.477 e. The quantitative estimate of drug-likeness (QED) is 0.755. The average molecular weight is 242 g/mol. The maximum absolute atomic E-state index is 10.8. The second-order valence-electron chi connectivity index (χ2n) is 3.62. The second kappa shape index (κ2) is 5.01. The number of aromatic amines is 1. The number of rotatable bonds is 4. The number of benzene rings is 1. The van der Waals surface area contributed by atoms with E-state index < -0.39 is 5.97 Å². The van der Waals surface area contributed by atoms with Gasteiger partial charge in [0.1, 0.15) is 5.69 Å². The highest BCUT2D eigenvalue weighted by molar-refractivity contribution is 5.87. The van der Waals surface area contributed by atoms with Crippen LogP contribution < -0.4 is 5.32 Å². The third kappa shape index (κ3) is 2.47. The van der Waals surface area contributed by atoms with Gasteiger partial charge in [0.2, 0.25) is 0 Å². The Morgan fingerprint density at radius 2 is 2.17 bits per heavy atom. The van der Waals surface area contributed by atoms with Crippen LogP contribution in [0.2, 0.25) is 0 Å². The monoisotopic (exact) mass is 242 g/mol. The first-order chi connectivity index (χ1) is 8.70. The molecule has 0 bridgehead atoms. The van der Waals surface area contributed by atoms with Crippen LogP contribution in [0.4, 0.5) is 5.69 Å². The summed E-state index contributed by atoms with van der Waals surface area (Å²) in [7, 11) is 0. The first-order valence-electron chi connectivity index (χ1n) is 5.20. The van der Waals surface area contributed by atoms with E-state index in [9.17, 15) is 4.79 Å². The molecule has 0 spiro atoms. The van der Waals surface area contributed by atoms with E-state index in [-0.39, 0.29) is 5.69 Å². The smallest absolute Gasteiger partial charge is 0.354 e. The Morgan fingerprint density at radius 3 is 2.78 bits per heavy atom. The van der Waals surface area contributed by atoms with E-state index >= 15 is 0 Å². The van der Waals surface area contributed by atoms with E-state index in [0.717, 1.165) is 5.69 Å². The summed E-state index contributed by atoms with van der Waals surface area (Å²) in [5, 5.41) is 26.7. The number of anilines is 1. The number of aromatic carboxylic acids is 1. The maximum atomic E-state index is 10.8. The van der Waals surface area contributed by atoms with Crippen LogP contribution in [0.5, 0.6) is 0 Å². The number of carboxylic acids is 1. The van der Waals surface area contributed by atoms with Crippen LogP contribution in [0.1, 0.15) is 21.6 Å². The molecular formula is C12H10N4O2. The molecule has 2 rings (SSSR count). The number of hydrogen-bond acceptors (Lipinski definition) is 4. The van der Waals surface area contributed by atoms with Crippen molar-refractivity contribution in [1.82, 2.24) is 10.2 Å². The predicted molar refractivity (Wildman–Crippen MR) is 64.0 cm³/mol. The van der Waals surface area contributed by atoms with Gasteiger partial charge in [-0.1, -0.05) is 0 Å². The standard InChI is InChI=1S/C12H10N4O2/c13-5-8-1-3-10(4-2-8)14-6-9-7-15-16-11(9)12(17)18/h1-4,7,14H,6H2,(H,15,16)(H,17,18). The Hall–Kier alpha value is -2.81. The van der Waals surface area contributed by atoms with Crippen molar-refractivity contribution in [2.24, 2.45) is 0 Å². The lowest BCUT2D eigenvalue weighted by atomic mass is 10.2.